The van der Waals surface area contributed by atoms with Crippen molar-refractivity contribution < 1.29 is 18.0 Å². The summed E-state index contributed by atoms with van der Waals surface area (Å²) in [6.07, 6.45) is -0.339. The monoisotopic (exact) mass is 384 g/mol. The van der Waals surface area contributed by atoms with E-state index in [1.54, 1.807) is 6.07 Å². The molecule has 4 aromatic rings. The van der Waals surface area contributed by atoms with E-state index in [0.29, 0.717) is 5.65 Å². The van der Waals surface area contributed by atoms with Gasteiger partial charge >= 0.3 is 6.18 Å². The smallest absolute Gasteiger partial charge is 0.302 e. The quantitative estimate of drug-likeness (QED) is 0.585. The Labute approximate surface area is 155 Å². The zero-order chi connectivity index (χ0) is 19.7. The van der Waals surface area contributed by atoms with Crippen LogP contribution >= 0.6 is 0 Å². The molecule has 0 spiro atoms. The van der Waals surface area contributed by atoms with Gasteiger partial charge < -0.3 is 5.32 Å². The normalized spacial score (nSPS) is 11.5. The summed E-state index contributed by atoms with van der Waals surface area (Å²) in [5, 5.41) is 6.78. The molecule has 1 amide bonds. The third-order valence-corrected chi connectivity index (χ3v) is 3.88. The van der Waals surface area contributed by atoms with Gasteiger partial charge in [-0.15, -0.1) is 0 Å². The number of rotatable bonds is 3. The number of anilines is 1. The van der Waals surface area contributed by atoms with Crippen molar-refractivity contribution in [3.05, 3.63) is 72.4 Å². The fourth-order valence-corrected chi connectivity index (χ4v) is 2.64. The van der Waals surface area contributed by atoms with E-state index in [1.165, 1.54) is 53.4 Å². The summed E-state index contributed by atoms with van der Waals surface area (Å²) in [5.74, 6) is -0.472. The summed E-state index contributed by atoms with van der Waals surface area (Å²) in [7, 11) is 0. The van der Waals surface area contributed by atoms with Crippen LogP contribution in [-0.2, 0) is 6.18 Å². The second-order valence-electron chi connectivity index (χ2n) is 5.70. The molecule has 3 heterocycles. The van der Waals surface area contributed by atoms with Crippen molar-refractivity contribution in [1.29, 1.82) is 0 Å². The van der Waals surface area contributed by atoms with Crippen LogP contribution in [0.4, 0.5) is 19.0 Å². The molecule has 0 aliphatic carbocycles. The number of nitrogens with one attached hydrogen (secondary N) is 1. The van der Waals surface area contributed by atoms with E-state index in [0.717, 1.165) is 6.07 Å². The fraction of sp³-hybridized carbons (Fsp3) is 0.0556. The Kier molecular flexibility index (Phi) is 4.22. The second-order valence-corrected chi connectivity index (χ2v) is 5.70. The lowest BCUT2D eigenvalue weighted by Gasteiger charge is -2.12. The maximum atomic E-state index is 13.3. The Bertz CT molecular complexity index is 1160. The standard InChI is InChI=1S/C18H11F3N6O/c19-18(20,21)12-5-2-1-4-11(12)13-6-7-14-24-10-15(27(14)26-13)25-17(28)16-22-8-3-9-23-16/h1-10H,(H,25,28). The number of amides is 1. The molecular formula is C18H11F3N6O. The number of hydrogen-bond acceptors (Lipinski definition) is 5. The van der Waals surface area contributed by atoms with E-state index < -0.39 is 17.6 Å². The molecule has 1 aromatic carbocycles. The summed E-state index contributed by atoms with van der Waals surface area (Å²) in [5.41, 5.74) is -0.429. The summed E-state index contributed by atoms with van der Waals surface area (Å²) in [6, 6.07) is 9.67. The van der Waals surface area contributed by atoms with Gasteiger partial charge in [-0.25, -0.2) is 15.0 Å². The lowest BCUT2D eigenvalue weighted by Crippen LogP contribution is -2.17. The van der Waals surface area contributed by atoms with Gasteiger partial charge in [0.05, 0.1) is 17.5 Å². The number of alkyl halides is 3. The highest BCUT2D eigenvalue weighted by atomic mass is 19.4. The number of nitrogens with zero attached hydrogens (tertiary/aromatic N) is 5. The van der Waals surface area contributed by atoms with Crippen molar-refractivity contribution in [3.63, 3.8) is 0 Å². The van der Waals surface area contributed by atoms with E-state index in [2.05, 4.69) is 25.4 Å². The van der Waals surface area contributed by atoms with Gasteiger partial charge in [0.25, 0.3) is 5.91 Å². The van der Waals surface area contributed by atoms with E-state index in [4.69, 9.17) is 0 Å². The molecule has 0 fully saturated rings. The second kappa shape index (κ2) is 6.72. The number of carbonyl (C=O) groups excluding carboxylic acids is 1. The molecule has 0 radical (unpaired) electrons. The summed E-state index contributed by atoms with van der Waals surface area (Å²) >= 11 is 0. The fourth-order valence-electron chi connectivity index (χ4n) is 2.64. The van der Waals surface area contributed by atoms with Crippen LogP contribution in [-0.4, -0.2) is 30.5 Å². The van der Waals surface area contributed by atoms with Crippen LogP contribution in [0.5, 0.6) is 0 Å². The third kappa shape index (κ3) is 3.27. The van der Waals surface area contributed by atoms with Crippen molar-refractivity contribution in [3.8, 4) is 11.3 Å². The van der Waals surface area contributed by atoms with Gasteiger partial charge in [0, 0.05) is 18.0 Å². The molecule has 10 heteroatoms. The maximum Gasteiger partial charge on any atom is 0.417 e. The van der Waals surface area contributed by atoms with E-state index in [9.17, 15) is 18.0 Å². The first-order valence-electron chi connectivity index (χ1n) is 8.03. The predicted octanol–water partition coefficient (Wildman–Crippen LogP) is 3.46. The minimum Gasteiger partial charge on any atom is -0.302 e. The molecule has 0 aliphatic rings. The van der Waals surface area contributed by atoms with Crippen molar-refractivity contribution in [1.82, 2.24) is 24.6 Å². The van der Waals surface area contributed by atoms with Gasteiger partial charge in [-0.3, -0.25) is 4.79 Å². The molecule has 0 bridgehead atoms. The van der Waals surface area contributed by atoms with E-state index in [-0.39, 0.29) is 22.9 Å². The highest BCUT2D eigenvalue weighted by molar-refractivity contribution is 6.01. The zero-order valence-electron chi connectivity index (χ0n) is 14.1. The molecule has 28 heavy (non-hydrogen) atoms. The number of carbonyl (C=O) groups is 1. The topological polar surface area (TPSA) is 85.1 Å². The number of imidazole rings is 1. The number of fused-ring (bicyclic) bond motifs is 1. The van der Waals surface area contributed by atoms with Crippen LogP contribution < -0.4 is 5.32 Å². The molecule has 0 atom stereocenters. The lowest BCUT2D eigenvalue weighted by atomic mass is 10.0. The third-order valence-electron chi connectivity index (χ3n) is 3.88. The molecule has 4 rings (SSSR count). The molecule has 0 aliphatic heterocycles. The Hall–Kier alpha value is -3.82. The number of benzene rings is 1. The Morgan fingerprint density at radius 2 is 1.71 bits per heavy atom. The summed E-state index contributed by atoms with van der Waals surface area (Å²) in [4.78, 5) is 24.0. The van der Waals surface area contributed by atoms with Crippen molar-refractivity contribution in [2.75, 3.05) is 5.32 Å². The Balaban J connectivity index is 1.75. The molecule has 0 saturated carbocycles. The van der Waals surface area contributed by atoms with Crippen molar-refractivity contribution >= 4 is 17.4 Å². The highest BCUT2D eigenvalue weighted by Crippen LogP contribution is 2.36. The van der Waals surface area contributed by atoms with Gasteiger partial charge in [-0.2, -0.15) is 22.8 Å². The van der Waals surface area contributed by atoms with E-state index in [1.807, 2.05) is 0 Å². The minimum atomic E-state index is -4.52. The Morgan fingerprint density at radius 3 is 2.46 bits per heavy atom. The minimum absolute atomic E-state index is 0.0592. The predicted molar refractivity (Wildman–Crippen MR) is 93.4 cm³/mol. The van der Waals surface area contributed by atoms with Gasteiger partial charge in [-0.1, -0.05) is 18.2 Å². The largest absolute Gasteiger partial charge is 0.417 e. The lowest BCUT2D eigenvalue weighted by molar-refractivity contribution is -0.137. The van der Waals surface area contributed by atoms with Crippen LogP contribution in [0.25, 0.3) is 16.9 Å². The van der Waals surface area contributed by atoms with Crippen LogP contribution in [0, 0.1) is 0 Å². The van der Waals surface area contributed by atoms with Gasteiger partial charge in [-0.05, 0) is 24.3 Å². The Morgan fingerprint density at radius 1 is 0.964 bits per heavy atom. The molecule has 1 N–H and O–H groups in total. The van der Waals surface area contributed by atoms with Crippen molar-refractivity contribution in [2.24, 2.45) is 0 Å². The van der Waals surface area contributed by atoms with Crippen LogP contribution in [0.1, 0.15) is 16.2 Å². The van der Waals surface area contributed by atoms with Crippen LogP contribution in [0.3, 0.4) is 0 Å². The number of halogens is 3. The first-order chi connectivity index (χ1) is 13.4. The molecular weight excluding hydrogens is 373 g/mol. The molecule has 140 valence electrons. The number of aromatic nitrogens is 5. The average Bonchev–Trinajstić information content (AvgIpc) is 3.10. The first-order valence-corrected chi connectivity index (χ1v) is 8.03. The number of hydrogen-bond donors (Lipinski definition) is 1. The average molecular weight is 384 g/mol. The molecule has 0 saturated heterocycles. The molecule has 0 unspecified atom stereocenters. The summed E-state index contributed by atoms with van der Waals surface area (Å²) < 4.78 is 41.2. The van der Waals surface area contributed by atoms with Crippen LogP contribution in [0.15, 0.2) is 61.1 Å². The van der Waals surface area contributed by atoms with Gasteiger partial charge in [0.1, 0.15) is 0 Å². The van der Waals surface area contributed by atoms with Crippen LogP contribution in [0.2, 0.25) is 0 Å². The van der Waals surface area contributed by atoms with E-state index >= 15 is 0 Å². The summed E-state index contributed by atoms with van der Waals surface area (Å²) in [6.45, 7) is 0. The molecule has 7 nitrogen and oxygen atoms in total. The zero-order valence-corrected chi connectivity index (χ0v) is 14.1. The van der Waals surface area contributed by atoms with Gasteiger partial charge in [0.15, 0.2) is 11.5 Å². The maximum absolute atomic E-state index is 13.3. The van der Waals surface area contributed by atoms with Crippen molar-refractivity contribution in [2.45, 2.75) is 6.18 Å². The molecule has 3 aromatic heterocycles. The first kappa shape index (κ1) is 17.6. The van der Waals surface area contributed by atoms with Gasteiger partial charge in [0.2, 0.25) is 5.82 Å². The SMILES string of the molecule is O=C(Nc1cnc2ccc(-c3ccccc3C(F)(F)F)nn12)c1ncccn1. The highest BCUT2D eigenvalue weighted by Gasteiger charge is 2.33.